The maximum Gasteiger partial charge on any atom is 0.307 e. The number of halogens is 1. The van der Waals surface area contributed by atoms with Crippen molar-refractivity contribution in [1.82, 2.24) is 9.97 Å². The van der Waals surface area contributed by atoms with Crippen LogP contribution in [-0.4, -0.2) is 38.9 Å². The zero-order valence-electron chi connectivity index (χ0n) is 17.3. The summed E-state index contributed by atoms with van der Waals surface area (Å²) < 4.78 is 17.6. The number of carbonyl (C=O) groups is 1. The Bertz CT molecular complexity index is 1280. The van der Waals surface area contributed by atoms with Crippen LogP contribution in [0.4, 0.5) is 11.5 Å². The van der Waals surface area contributed by atoms with E-state index in [1.54, 1.807) is 19.2 Å². The minimum absolute atomic E-state index is 0.00244. The Labute approximate surface area is 192 Å². The molecule has 164 valence electrons. The molecule has 0 spiro atoms. The Morgan fingerprint density at radius 2 is 2.06 bits per heavy atom. The average molecular weight is 470 g/mol. The van der Waals surface area contributed by atoms with E-state index in [0.717, 1.165) is 45.9 Å². The van der Waals surface area contributed by atoms with Gasteiger partial charge in [-0.2, -0.15) is 0 Å². The Hall–Kier alpha value is -2.97. The maximum absolute atomic E-state index is 12.4. The molecular formula is C23H20ClN3O4S. The first-order valence-corrected chi connectivity index (χ1v) is 12.0. The van der Waals surface area contributed by atoms with Crippen molar-refractivity contribution < 1.29 is 18.8 Å². The van der Waals surface area contributed by atoms with Crippen LogP contribution in [0.25, 0.3) is 11.4 Å². The quantitative estimate of drug-likeness (QED) is 0.606. The summed E-state index contributed by atoms with van der Waals surface area (Å²) in [7, 11) is 0.550. The Balaban J connectivity index is 1.59. The van der Waals surface area contributed by atoms with Gasteiger partial charge >= 0.3 is 5.97 Å². The van der Waals surface area contributed by atoms with Crippen LogP contribution in [-0.2, 0) is 39.9 Å². The van der Waals surface area contributed by atoms with E-state index in [1.165, 1.54) is 0 Å². The molecule has 1 N–H and O–H groups in total. The van der Waals surface area contributed by atoms with Gasteiger partial charge in [-0.3, -0.25) is 9.00 Å². The van der Waals surface area contributed by atoms with Gasteiger partial charge in [-0.15, -0.1) is 0 Å². The molecule has 1 unspecified atom stereocenters. The fourth-order valence-electron chi connectivity index (χ4n) is 4.27. The van der Waals surface area contributed by atoms with Crippen molar-refractivity contribution in [3.05, 3.63) is 63.8 Å². The number of rotatable bonds is 5. The number of anilines is 2. The minimum Gasteiger partial charge on any atom is -0.495 e. The Kier molecular flexibility index (Phi) is 5.35. The van der Waals surface area contributed by atoms with E-state index in [4.69, 9.17) is 31.4 Å². The second-order valence-electron chi connectivity index (χ2n) is 7.81. The number of aromatic nitrogens is 2. The highest BCUT2D eigenvalue weighted by atomic mass is 35.5. The summed E-state index contributed by atoms with van der Waals surface area (Å²) in [5.74, 6) is 1.84. The van der Waals surface area contributed by atoms with Gasteiger partial charge in [0.1, 0.15) is 11.6 Å². The van der Waals surface area contributed by atoms with E-state index in [9.17, 15) is 9.00 Å². The summed E-state index contributed by atoms with van der Waals surface area (Å²) >= 11 is 6.32. The standard InChI is InChI=1S/C23H20ClN3O4S/c1-31-20-5-3-15(10-17(20)24)22-25-18-12-32(30)11-16(18)23(26-22)27-7-6-14-8-13(9-21(28)29)2-4-19(14)27/h2-5,8,10H,6-7,9,11-12H2,1H3,(H,28,29). The van der Waals surface area contributed by atoms with E-state index in [-0.39, 0.29) is 6.42 Å². The Morgan fingerprint density at radius 3 is 2.81 bits per heavy atom. The number of aliphatic carboxylic acids is 1. The summed E-state index contributed by atoms with van der Waals surface area (Å²) in [6.07, 6.45) is 0.784. The molecule has 1 aromatic heterocycles. The lowest BCUT2D eigenvalue weighted by Gasteiger charge is -2.22. The zero-order chi connectivity index (χ0) is 22.4. The van der Waals surface area contributed by atoms with Crippen molar-refractivity contribution in [2.45, 2.75) is 24.3 Å². The first-order chi connectivity index (χ1) is 15.4. The van der Waals surface area contributed by atoms with Crippen molar-refractivity contribution in [2.75, 3.05) is 18.6 Å². The van der Waals surface area contributed by atoms with Gasteiger partial charge in [-0.05, 0) is 41.8 Å². The van der Waals surface area contributed by atoms with Gasteiger partial charge in [0, 0.05) is 34.2 Å². The highest BCUT2D eigenvalue weighted by Crippen LogP contribution is 2.40. The number of carboxylic acids is 1. The number of benzene rings is 2. The van der Waals surface area contributed by atoms with Crippen molar-refractivity contribution in [3.8, 4) is 17.1 Å². The monoisotopic (exact) mass is 469 g/mol. The third-order valence-electron chi connectivity index (χ3n) is 5.73. The molecule has 0 bridgehead atoms. The smallest absolute Gasteiger partial charge is 0.307 e. The van der Waals surface area contributed by atoms with Crippen molar-refractivity contribution >= 4 is 39.9 Å². The summed E-state index contributed by atoms with van der Waals surface area (Å²) in [6, 6.07) is 11.2. The van der Waals surface area contributed by atoms with E-state index in [2.05, 4.69) is 4.90 Å². The number of nitrogens with zero attached hydrogens (tertiary/aromatic N) is 3. The largest absolute Gasteiger partial charge is 0.495 e. The number of hydrogen-bond acceptors (Lipinski definition) is 6. The first kappa shape index (κ1) is 20.9. The molecule has 1 atom stereocenters. The average Bonchev–Trinajstić information content (AvgIpc) is 3.34. The van der Waals surface area contributed by atoms with Gasteiger partial charge < -0.3 is 14.7 Å². The van der Waals surface area contributed by atoms with E-state index in [1.807, 2.05) is 24.3 Å². The summed E-state index contributed by atoms with van der Waals surface area (Å²) in [6.45, 7) is 0.713. The molecule has 3 aromatic rings. The molecule has 0 amide bonds. The number of methoxy groups -OCH3 is 1. The normalized spacial score (nSPS) is 16.7. The number of carboxylic acid groups (broad SMARTS) is 1. The molecular weight excluding hydrogens is 450 g/mol. The van der Waals surface area contributed by atoms with Crippen LogP contribution in [0.1, 0.15) is 22.4 Å². The SMILES string of the molecule is COc1ccc(-c2nc3c(c(N4CCc5cc(CC(=O)O)ccc54)n2)CS(=O)C3)cc1Cl. The lowest BCUT2D eigenvalue weighted by atomic mass is 10.1. The highest BCUT2D eigenvalue weighted by Gasteiger charge is 2.31. The molecule has 0 saturated heterocycles. The number of fused-ring (bicyclic) bond motifs is 2. The van der Waals surface area contributed by atoms with Crippen LogP contribution in [0.2, 0.25) is 5.02 Å². The zero-order valence-corrected chi connectivity index (χ0v) is 18.9. The molecule has 2 aliphatic rings. The topological polar surface area (TPSA) is 92.6 Å². The lowest BCUT2D eigenvalue weighted by Crippen LogP contribution is -2.18. The predicted molar refractivity (Wildman–Crippen MR) is 123 cm³/mol. The van der Waals surface area contributed by atoms with E-state index < -0.39 is 16.8 Å². The van der Waals surface area contributed by atoms with Crippen LogP contribution in [0.3, 0.4) is 0 Å². The van der Waals surface area contributed by atoms with Gasteiger partial charge in [-0.25, -0.2) is 9.97 Å². The second-order valence-corrected chi connectivity index (χ2v) is 9.67. The molecule has 0 fully saturated rings. The van der Waals surface area contributed by atoms with Gasteiger partial charge in [0.05, 0.1) is 35.8 Å². The first-order valence-electron chi connectivity index (χ1n) is 10.1. The summed E-state index contributed by atoms with van der Waals surface area (Å²) in [5, 5.41) is 9.56. The fraction of sp³-hybridized carbons (Fsp3) is 0.261. The molecule has 2 aliphatic heterocycles. The van der Waals surface area contributed by atoms with Crippen molar-refractivity contribution in [3.63, 3.8) is 0 Å². The van der Waals surface area contributed by atoms with E-state index in [0.29, 0.717) is 34.6 Å². The van der Waals surface area contributed by atoms with Crippen LogP contribution < -0.4 is 9.64 Å². The number of ether oxygens (including phenoxy) is 1. The molecule has 7 nitrogen and oxygen atoms in total. The van der Waals surface area contributed by atoms with Crippen LogP contribution in [0.15, 0.2) is 36.4 Å². The Morgan fingerprint density at radius 1 is 1.22 bits per heavy atom. The molecule has 32 heavy (non-hydrogen) atoms. The molecule has 5 rings (SSSR count). The summed E-state index contributed by atoms with van der Waals surface area (Å²) in [5.41, 5.74) is 5.33. The summed E-state index contributed by atoms with van der Waals surface area (Å²) in [4.78, 5) is 22.8. The minimum atomic E-state index is -1.01. The third kappa shape index (κ3) is 3.73. The molecule has 0 saturated carbocycles. The predicted octanol–water partition coefficient (Wildman–Crippen LogP) is 3.89. The van der Waals surface area contributed by atoms with Gasteiger partial charge in [0.15, 0.2) is 5.82 Å². The van der Waals surface area contributed by atoms with Crippen LogP contribution in [0.5, 0.6) is 5.75 Å². The molecule has 9 heteroatoms. The molecule has 0 aliphatic carbocycles. The van der Waals surface area contributed by atoms with Crippen LogP contribution >= 0.6 is 11.6 Å². The molecule has 0 radical (unpaired) electrons. The maximum atomic E-state index is 12.4. The third-order valence-corrected chi connectivity index (χ3v) is 7.24. The van der Waals surface area contributed by atoms with Crippen LogP contribution in [0, 0.1) is 0 Å². The van der Waals surface area contributed by atoms with Gasteiger partial charge in [-0.1, -0.05) is 23.7 Å². The van der Waals surface area contributed by atoms with Crippen molar-refractivity contribution in [2.24, 2.45) is 0 Å². The second kappa shape index (κ2) is 8.18. The molecule has 2 aromatic carbocycles. The van der Waals surface area contributed by atoms with Gasteiger partial charge in [0.25, 0.3) is 0 Å². The fourth-order valence-corrected chi connectivity index (χ4v) is 5.79. The number of hydrogen-bond donors (Lipinski definition) is 1. The lowest BCUT2D eigenvalue weighted by molar-refractivity contribution is -0.136. The van der Waals surface area contributed by atoms with Crippen molar-refractivity contribution in [1.29, 1.82) is 0 Å². The van der Waals surface area contributed by atoms with E-state index >= 15 is 0 Å². The van der Waals surface area contributed by atoms with Gasteiger partial charge in [0.2, 0.25) is 0 Å². The molecule has 3 heterocycles. The highest BCUT2D eigenvalue weighted by molar-refractivity contribution is 7.83.